The Balaban J connectivity index is 0.000000176. The fourth-order valence-corrected chi connectivity index (χ4v) is 3.88. The standard InChI is InChI=1S/C12H8N2OS.C10H17NO4/c15-12-11(10-6-3-7-16-10)13-8-4-1-2-5-9(8)14-12;1-10(2,3)15-9(14)11-6-4-5-7(11)8(12)13/h1-7H,(H,14,15);7H,4-6H2,1-3H3,(H,12,13). The van der Waals surface area contributed by atoms with Crippen molar-refractivity contribution in [3.05, 3.63) is 52.1 Å². The molecule has 0 bridgehead atoms. The van der Waals surface area contributed by atoms with Gasteiger partial charge in [0.15, 0.2) is 0 Å². The lowest BCUT2D eigenvalue weighted by molar-refractivity contribution is -0.142. The molecule has 0 spiro atoms. The van der Waals surface area contributed by atoms with Gasteiger partial charge in [-0.25, -0.2) is 14.6 Å². The Morgan fingerprint density at radius 3 is 2.61 bits per heavy atom. The second-order valence-corrected chi connectivity index (χ2v) is 9.03. The molecule has 164 valence electrons. The van der Waals surface area contributed by atoms with E-state index in [4.69, 9.17) is 9.84 Å². The molecule has 1 atom stereocenters. The van der Waals surface area contributed by atoms with Crippen LogP contribution in [0.3, 0.4) is 0 Å². The van der Waals surface area contributed by atoms with Gasteiger partial charge in [-0.2, -0.15) is 0 Å². The lowest BCUT2D eigenvalue weighted by atomic mass is 10.2. The highest BCUT2D eigenvalue weighted by atomic mass is 32.1. The number of carboxylic acids is 1. The van der Waals surface area contributed by atoms with Crippen LogP contribution in [0.4, 0.5) is 4.79 Å². The minimum atomic E-state index is -0.960. The van der Waals surface area contributed by atoms with Crippen molar-refractivity contribution in [1.82, 2.24) is 14.9 Å². The van der Waals surface area contributed by atoms with E-state index in [9.17, 15) is 14.4 Å². The Morgan fingerprint density at radius 1 is 1.23 bits per heavy atom. The number of hydrogen-bond donors (Lipinski definition) is 2. The number of carboxylic acid groups (broad SMARTS) is 1. The van der Waals surface area contributed by atoms with Gasteiger partial charge >= 0.3 is 12.1 Å². The monoisotopic (exact) mass is 443 g/mol. The molecule has 4 rings (SSSR count). The summed E-state index contributed by atoms with van der Waals surface area (Å²) in [4.78, 5) is 43.7. The lowest BCUT2D eigenvalue weighted by Crippen LogP contribution is -2.43. The normalized spacial score (nSPS) is 16.0. The Labute approximate surface area is 183 Å². The first-order valence-corrected chi connectivity index (χ1v) is 10.8. The third-order valence-corrected chi connectivity index (χ3v) is 5.40. The summed E-state index contributed by atoms with van der Waals surface area (Å²) in [5, 5.41) is 10.8. The number of likely N-dealkylation sites (tertiary alicyclic amines) is 1. The molecule has 1 aliphatic rings. The van der Waals surface area contributed by atoms with Crippen LogP contribution in [-0.2, 0) is 9.53 Å². The summed E-state index contributed by atoms with van der Waals surface area (Å²) in [6.07, 6.45) is 0.692. The number of carbonyl (C=O) groups is 2. The van der Waals surface area contributed by atoms with Gasteiger partial charge in [-0.15, -0.1) is 11.3 Å². The maximum Gasteiger partial charge on any atom is 0.411 e. The molecule has 1 amide bonds. The number of para-hydroxylation sites is 2. The second kappa shape index (κ2) is 9.30. The highest BCUT2D eigenvalue weighted by Gasteiger charge is 2.36. The van der Waals surface area contributed by atoms with Crippen LogP contribution < -0.4 is 5.56 Å². The van der Waals surface area contributed by atoms with E-state index in [1.54, 1.807) is 20.8 Å². The molecule has 3 aromatic rings. The number of rotatable bonds is 2. The van der Waals surface area contributed by atoms with Gasteiger partial charge in [0.2, 0.25) is 0 Å². The number of ether oxygens (including phenoxy) is 1. The van der Waals surface area contributed by atoms with Gasteiger partial charge in [0.25, 0.3) is 5.56 Å². The number of benzene rings is 1. The molecule has 1 aliphatic heterocycles. The fourth-order valence-electron chi connectivity index (χ4n) is 3.17. The number of fused-ring (bicyclic) bond motifs is 1. The maximum atomic E-state index is 11.8. The maximum absolute atomic E-state index is 11.8. The lowest BCUT2D eigenvalue weighted by Gasteiger charge is -2.26. The van der Waals surface area contributed by atoms with Crippen molar-refractivity contribution in [1.29, 1.82) is 0 Å². The SMILES string of the molecule is CC(C)(C)OC(=O)N1CCCC1C(=O)O.O=c1[nH]c2ccccc2nc1-c1cccs1. The Kier molecular flexibility index (Phi) is 6.74. The average molecular weight is 444 g/mol. The zero-order valence-corrected chi connectivity index (χ0v) is 18.4. The summed E-state index contributed by atoms with van der Waals surface area (Å²) in [7, 11) is 0. The Bertz CT molecular complexity index is 1120. The van der Waals surface area contributed by atoms with E-state index in [1.807, 2.05) is 41.8 Å². The first-order chi connectivity index (χ1) is 14.7. The Morgan fingerprint density at radius 2 is 1.97 bits per heavy atom. The van der Waals surface area contributed by atoms with E-state index < -0.39 is 23.7 Å². The van der Waals surface area contributed by atoms with Crippen LogP contribution in [0.2, 0.25) is 0 Å². The van der Waals surface area contributed by atoms with Gasteiger partial charge in [0, 0.05) is 6.54 Å². The number of hydrogen-bond acceptors (Lipinski definition) is 6. The molecule has 2 aromatic heterocycles. The van der Waals surface area contributed by atoms with Crippen LogP contribution in [0.25, 0.3) is 21.6 Å². The summed E-state index contributed by atoms with van der Waals surface area (Å²) in [6, 6.07) is 10.6. The van der Waals surface area contributed by atoms with Gasteiger partial charge in [-0.1, -0.05) is 18.2 Å². The van der Waals surface area contributed by atoms with Crippen LogP contribution >= 0.6 is 11.3 Å². The topological polar surface area (TPSA) is 113 Å². The number of amides is 1. The van der Waals surface area contributed by atoms with Crippen molar-refractivity contribution >= 4 is 34.4 Å². The van der Waals surface area contributed by atoms with Crippen molar-refractivity contribution in [2.75, 3.05) is 6.54 Å². The van der Waals surface area contributed by atoms with Crippen LogP contribution in [-0.4, -0.2) is 50.2 Å². The molecule has 2 N–H and O–H groups in total. The molecule has 1 unspecified atom stereocenters. The summed E-state index contributed by atoms with van der Waals surface area (Å²) >= 11 is 1.52. The Hall–Kier alpha value is -3.20. The van der Waals surface area contributed by atoms with E-state index >= 15 is 0 Å². The van der Waals surface area contributed by atoms with Gasteiger partial charge in [-0.3, -0.25) is 9.69 Å². The van der Waals surface area contributed by atoms with Crippen LogP contribution in [0.15, 0.2) is 46.6 Å². The smallest absolute Gasteiger partial charge is 0.411 e. The molecular formula is C22H25N3O5S. The van der Waals surface area contributed by atoms with E-state index in [0.717, 1.165) is 22.3 Å². The van der Waals surface area contributed by atoms with Crippen molar-refractivity contribution < 1.29 is 19.4 Å². The largest absolute Gasteiger partial charge is 0.480 e. The number of carbonyl (C=O) groups excluding carboxylic acids is 1. The highest BCUT2D eigenvalue weighted by molar-refractivity contribution is 7.13. The number of aromatic amines is 1. The van der Waals surface area contributed by atoms with E-state index in [-0.39, 0.29) is 5.56 Å². The predicted molar refractivity (Wildman–Crippen MR) is 119 cm³/mol. The van der Waals surface area contributed by atoms with Gasteiger partial charge in [0.05, 0.1) is 15.9 Å². The average Bonchev–Trinajstić information content (AvgIpc) is 3.38. The predicted octanol–water partition coefficient (Wildman–Crippen LogP) is 4.12. The van der Waals surface area contributed by atoms with Crippen molar-refractivity contribution in [3.63, 3.8) is 0 Å². The minimum Gasteiger partial charge on any atom is -0.480 e. The minimum absolute atomic E-state index is 0.138. The highest BCUT2D eigenvalue weighted by Crippen LogP contribution is 2.21. The molecule has 31 heavy (non-hydrogen) atoms. The van der Waals surface area contributed by atoms with Gasteiger partial charge < -0.3 is 14.8 Å². The van der Waals surface area contributed by atoms with Crippen molar-refractivity contribution in [2.24, 2.45) is 0 Å². The molecule has 0 radical (unpaired) electrons. The number of nitrogens with one attached hydrogen (secondary N) is 1. The van der Waals surface area contributed by atoms with Gasteiger partial charge in [-0.05, 0) is 57.2 Å². The number of aromatic nitrogens is 2. The summed E-state index contributed by atoms with van der Waals surface area (Å²) in [5.74, 6) is -0.960. The summed E-state index contributed by atoms with van der Waals surface area (Å²) in [6.45, 7) is 5.75. The quantitative estimate of drug-likeness (QED) is 0.616. The van der Waals surface area contributed by atoms with Crippen LogP contribution in [0.1, 0.15) is 33.6 Å². The molecular weight excluding hydrogens is 418 g/mol. The molecule has 0 saturated carbocycles. The van der Waals surface area contributed by atoms with E-state index in [0.29, 0.717) is 18.7 Å². The van der Waals surface area contributed by atoms with E-state index in [2.05, 4.69) is 9.97 Å². The van der Waals surface area contributed by atoms with Crippen molar-refractivity contribution in [2.45, 2.75) is 45.3 Å². The summed E-state index contributed by atoms with van der Waals surface area (Å²) in [5.41, 5.74) is 1.36. The number of aliphatic carboxylic acids is 1. The number of H-pyrrole nitrogens is 1. The number of thiophene rings is 1. The number of nitrogens with zero attached hydrogens (tertiary/aromatic N) is 2. The molecule has 3 heterocycles. The zero-order valence-electron chi connectivity index (χ0n) is 17.6. The second-order valence-electron chi connectivity index (χ2n) is 8.08. The van der Waals surface area contributed by atoms with Crippen LogP contribution in [0, 0.1) is 0 Å². The molecule has 9 heteroatoms. The molecule has 1 saturated heterocycles. The summed E-state index contributed by atoms with van der Waals surface area (Å²) < 4.78 is 5.13. The van der Waals surface area contributed by atoms with Crippen LogP contribution in [0.5, 0.6) is 0 Å². The molecule has 8 nitrogen and oxygen atoms in total. The third kappa shape index (κ3) is 5.69. The van der Waals surface area contributed by atoms with Crippen molar-refractivity contribution in [3.8, 4) is 10.6 Å². The molecule has 1 aromatic carbocycles. The fraction of sp³-hybridized carbons (Fsp3) is 0.364. The third-order valence-electron chi connectivity index (χ3n) is 4.52. The van der Waals surface area contributed by atoms with Gasteiger partial charge in [0.1, 0.15) is 17.3 Å². The first-order valence-electron chi connectivity index (χ1n) is 9.91. The zero-order chi connectivity index (χ0) is 22.6. The molecule has 0 aliphatic carbocycles. The molecule has 1 fully saturated rings. The first kappa shape index (κ1) is 22.5. The van der Waals surface area contributed by atoms with E-state index in [1.165, 1.54) is 16.2 Å².